The van der Waals surface area contributed by atoms with Crippen LogP contribution in [-0.4, -0.2) is 6.04 Å². The van der Waals surface area contributed by atoms with Crippen LogP contribution in [-0.2, 0) is 6.54 Å². The fourth-order valence-electron chi connectivity index (χ4n) is 1.46. The Labute approximate surface area is 93.9 Å². The first-order chi connectivity index (χ1) is 7.13. The molecule has 1 N–H and O–H groups in total. The summed E-state index contributed by atoms with van der Waals surface area (Å²) in [6, 6.07) is 9.53. The monoisotopic (exact) mass is 205 g/mol. The van der Waals surface area contributed by atoms with Crippen LogP contribution in [0.15, 0.2) is 24.3 Å². The van der Waals surface area contributed by atoms with E-state index in [0.717, 1.165) is 6.54 Å². The van der Waals surface area contributed by atoms with E-state index < -0.39 is 0 Å². The van der Waals surface area contributed by atoms with E-state index in [4.69, 9.17) is 0 Å². The van der Waals surface area contributed by atoms with Crippen LogP contribution in [0, 0.1) is 0 Å². The zero-order chi connectivity index (χ0) is 11.3. The number of benzene rings is 1. The van der Waals surface area contributed by atoms with E-state index in [-0.39, 0.29) is 0 Å². The SMILES string of the molecule is CC[C@H](C)NCc1ccc(C(C)C)cc1. The predicted octanol–water partition coefficient (Wildman–Crippen LogP) is 3.70. The second kappa shape index (κ2) is 5.92. The average molecular weight is 205 g/mol. The van der Waals surface area contributed by atoms with Gasteiger partial charge in [-0.15, -0.1) is 0 Å². The van der Waals surface area contributed by atoms with Crippen molar-refractivity contribution in [1.82, 2.24) is 5.32 Å². The summed E-state index contributed by atoms with van der Waals surface area (Å²) >= 11 is 0. The zero-order valence-electron chi connectivity index (χ0n) is 10.4. The summed E-state index contributed by atoms with van der Waals surface area (Å²) in [6.45, 7) is 9.87. The molecule has 0 radical (unpaired) electrons. The topological polar surface area (TPSA) is 12.0 Å². The molecule has 1 nitrogen and oxygen atoms in total. The molecule has 1 aromatic rings. The second-order valence-electron chi connectivity index (χ2n) is 4.59. The second-order valence-corrected chi connectivity index (χ2v) is 4.59. The average Bonchev–Trinajstić information content (AvgIpc) is 2.26. The lowest BCUT2D eigenvalue weighted by Crippen LogP contribution is -2.24. The molecule has 1 aromatic carbocycles. The van der Waals surface area contributed by atoms with Crippen LogP contribution in [0.2, 0.25) is 0 Å². The minimum atomic E-state index is 0.606. The summed E-state index contributed by atoms with van der Waals surface area (Å²) in [5.41, 5.74) is 2.79. The van der Waals surface area contributed by atoms with Gasteiger partial charge in [-0.25, -0.2) is 0 Å². The summed E-state index contributed by atoms with van der Waals surface area (Å²) in [6.07, 6.45) is 1.18. The highest BCUT2D eigenvalue weighted by molar-refractivity contribution is 5.24. The quantitative estimate of drug-likeness (QED) is 0.773. The molecule has 1 heteroatoms. The van der Waals surface area contributed by atoms with Gasteiger partial charge in [0.05, 0.1) is 0 Å². The lowest BCUT2D eigenvalue weighted by atomic mass is 10.0. The van der Waals surface area contributed by atoms with Gasteiger partial charge in [0.1, 0.15) is 0 Å². The van der Waals surface area contributed by atoms with Crippen LogP contribution in [0.3, 0.4) is 0 Å². The van der Waals surface area contributed by atoms with Gasteiger partial charge in [-0.05, 0) is 30.4 Å². The molecule has 0 saturated heterocycles. The van der Waals surface area contributed by atoms with Gasteiger partial charge in [0.15, 0.2) is 0 Å². The molecule has 1 rings (SSSR count). The molecule has 0 aliphatic carbocycles. The molecule has 0 fully saturated rings. The summed E-state index contributed by atoms with van der Waals surface area (Å²) in [5.74, 6) is 0.626. The molecule has 0 bridgehead atoms. The van der Waals surface area contributed by atoms with Crippen molar-refractivity contribution in [3.63, 3.8) is 0 Å². The van der Waals surface area contributed by atoms with Gasteiger partial charge in [-0.1, -0.05) is 45.0 Å². The third-order valence-corrected chi connectivity index (χ3v) is 2.91. The van der Waals surface area contributed by atoms with Gasteiger partial charge in [0.2, 0.25) is 0 Å². The maximum Gasteiger partial charge on any atom is 0.0207 e. The molecule has 1 atom stereocenters. The van der Waals surface area contributed by atoms with Crippen molar-refractivity contribution in [2.75, 3.05) is 0 Å². The van der Waals surface area contributed by atoms with Crippen molar-refractivity contribution in [3.05, 3.63) is 35.4 Å². The minimum absolute atomic E-state index is 0.606. The van der Waals surface area contributed by atoms with E-state index >= 15 is 0 Å². The van der Waals surface area contributed by atoms with Gasteiger partial charge in [0, 0.05) is 12.6 Å². The molecule has 84 valence electrons. The number of rotatable bonds is 5. The Kier molecular flexibility index (Phi) is 4.83. The van der Waals surface area contributed by atoms with Crippen LogP contribution < -0.4 is 5.32 Å². The summed E-state index contributed by atoms with van der Waals surface area (Å²) in [7, 11) is 0. The summed E-state index contributed by atoms with van der Waals surface area (Å²) < 4.78 is 0. The molecule has 0 spiro atoms. The van der Waals surface area contributed by atoms with Crippen LogP contribution in [0.5, 0.6) is 0 Å². The molecule has 0 aromatic heterocycles. The van der Waals surface area contributed by atoms with Gasteiger partial charge in [-0.2, -0.15) is 0 Å². The van der Waals surface area contributed by atoms with E-state index in [1.54, 1.807) is 0 Å². The molecule has 15 heavy (non-hydrogen) atoms. The van der Waals surface area contributed by atoms with Gasteiger partial charge < -0.3 is 5.32 Å². The maximum absolute atomic E-state index is 3.50. The van der Waals surface area contributed by atoms with Crippen molar-refractivity contribution in [1.29, 1.82) is 0 Å². The first-order valence-corrected chi connectivity index (χ1v) is 5.95. The molecule has 0 unspecified atom stereocenters. The number of nitrogens with one attached hydrogen (secondary N) is 1. The molecule has 0 saturated carbocycles. The molecule has 0 amide bonds. The molecule has 0 aliphatic rings. The minimum Gasteiger partial charge on any atom is -0.310 e. The van der Waals surface area contributed by atoms with Crippen molar-refractivity contribution < 1.29 is 0 Å². The maximum atomic E-state index is 3.50. The first-order valence-electron chi connectivity index (χ1n) is 5.95. The Bertz CT molecular complexity index is 274. The standard InChI is InChI=1S/C14H23N/c1-5-12(4)15-10-13-6-8-14(9-7-13)11(2)3/h6-9,11-12,15H,5,10H2,1-4H3/t12-/m0/s1. The third kappa shape index (κ3) is 4.05. The first kappa shape index (κ1) is 12.3. The Balaban J connectivity index is 2.50. The van der Waals surface area contributed by atoms with Crippen LogP contribution >= 0.6 is 0 Å². The van der Waals surface area contributed by atoms with E-state index in [2.05, 4.69) is 57.3 Å². The normalized spacial score (nSPS) is 13.1. The highest BCUT2D eigenvalue weighted by Crippen LogP contribution is 2.14. The van der Waals surface area contributed by atoms with Gasteiger partial charge >= 0.3 is 0 Å². The largest absolute Gasteiger partial charge is 0.310 e. The van der Waals surface area contributed by atoms with Crippen LogP contribution in [0.4, 0.5) is 0 Å². The van der Waals surface area contributed by atoms with Crippen molar-refractivity contribution in [2.45, 2.75) is 52.6 Å². The van der Waals surface area contributed by atoms with Crippen LogP contribution in [0.25, 0.3) is 0 Å². The Hall–Kier alpha value is -0.820. The zero-order valence-corrected chi connectivity index (χ0v) is 10.4. The number of hydrogen-bond donors (Lipinski definition) is 1. The Morgan fingerprint density at radius 1 is 1.07 bits per heavy atom. The summed E-state index contributed by atoms with van der Waals surface area (Å²) in [4.78, 5) is 0. The Morgan fingerprint density at radius 3 is 2.13 bits per heavy atom. The lowest BCUT2D eigenvalue weighted by Gasteiger charge is -2.12. The van der Waals surface area contributed by atoms with Crippen molar-refractivity contribution >= 4 is 0 Å². The van der Waals surface area contributed by atoms with E-state index in [0.29, 0.717) is 12.0 Å². The molecule has 0 aliphatic heterocycles. The fraction of sp³-hybridized carbons (Fsp3) is 0.571. The van der Waals surface area contributed by atoms with Gasteiger partial charge in [-0.3, -0.25) is 0 Å². The van der Waals surface area contributed by atoms with E-state index in [1.807, 2.05) is 0 Å². The molecular weight excluding hydrogens is 182 g/mol. The highest BCUT2D eigenvalue weighted by Gasteiger charge is 2.00. The highest BCUT2D eigenvalue weighted by atomic mass is 14.9. The Morgan fingerprint density at radius 2 is 1.67 bits per heavy atom. The smallest absolute Gasteiger partial charge is 0.0207 e. The molecular formula is C14H23N. The lowest BCUT2D eigenvalue weighted by molar-refractivity contribution is 0.534. The summed E-state index contributed by atoms with van der Waals surface area (Å²) in [5, 5.41) is 3.50. The van der Waals surface area contributed by atoms with E-state index in [9.17, 15) is 0 Å². The predicted molar refractivity (Wildman–Crippen MR) is 67.1 cm³/mol. The number of hydrogen-bond acceptors (Lipinski definition) is 1. The van der Waals surface area contributed by atoms with Gasteiger partial charge in [0.25, 0.3) is 0 Å². The fourth-order valence-corrected chi connectivity index (χ4v) is 1.46. The van der Waals surface area contributed by atoms with Crippen LogP contribution in [0.1, 0.15) is 51.2 Å². The van der Waals surface area contributed by atoms with Crippen molar-refractivity contribution in [3.8, 4) is 0 Å². The van der Waals surface area contributed by atoms with Crippen molar-refractivity contribution in [2.24, 2.45) is 0 Å². The molecule has 0 heterocycles. The van der Waals surface area contributed by atoms with E-state index in [1.165, 1.54) is 17.5 Å². The third-order valence-electron chi connectivity index (χ3n) is 2.91.